The SMILES string of the molecule is C=CCN(Cc1cnc(S(=O)(=O)Cc2ccccc2F)n1C[C@H]1CCCO1)C(=O)NC(C)C. The lowest BCUT2D eigenvalue weighted by molar-refractivity contribution is 0.0935. The monoisotopic (exact) mass is 478 g/mol. The van der Waals surface area contributed by atoms with Gasteiger partial charge < -0.3 is 19.5 Å². The van der Waals surface area contributed by atoms with Crippen LogP contribution in [-0.2, 0) is 33.4 Å². The number of ether oxygens (including phenoxy) is 1. The number of imidazole rings is 1. The molecule has 33 heavy (non-hydrogen) atoms. The highest BCUT2D eigenvalue weighted by atomic mass is 32.2. The molecule has 2 heterocycles. The molecule has 0 bridgehead atoms. The predicted octanol–water partition coefficient (Wildman–Crippen LogP) is 3.28. The van der Waals surface area contributed by atoms with E-state index in [2.05, 4.69) is 16.9 Å². The van der Waals surface area contributed by atoms with Gasteiger partial charge in [-0.2, -0.15) is 0 Å². The molecule has 8 nitrogen and oxygen atoms in total. The summed E-state index contributed by atoms with van der Waals surface area (Å²) in [7, 11) is -3.96. The van der Waals surface area contributed by atoms with Crippen molar-refractivity contribution in [3.8, 4) is 0 Å². The Bertz CT molecular complexity index is 1080. The molecule has 1 atom stereocenters. The number of urea groups is 1. The molecule has 1 aliphatic rings. The Kier molecular flexibility index (Phi) is 8.25. The molecule has 1 aliphatic heterocycles. The minimum atomic E-state index is -3.96. The van der Waals surface area contributed by atoms with E-state index in [1.807, 2.05) is 13.8 Å². The summed E-state index contributed by atoms with van der Waals surface area (Å²) in [6.45, 7) is 8.75. The van der Waals surface area contributed by atoms with Gasteiger partial charge in [-0.1, -0.05) is 24.3 Å². The summed E-state index contributed by atoms with van der Waals surface area (Å²) < 4.78 is 48.0. The molecule has 0 radical (unpaired) electrons. The van der Waals surface area contributed by atoms with E-state index in [1.54, 1.807) is 16.7 Å². The van der Waals surface area contributed by atoms with Crippen molar-refractivity contribution in [2.45, 2.75) is 62.8 Å². The number of halogens is 1. The van der Waals surface area contributed by atoms with Gasteiger partial charge in [0.25, 0.3) is 0 Å². The second kappa shape index (κ2) is 10.9. The van der Waals surface area contributed by atoms with E-state index in [0.717, 1.165) is 12.8 Å². The van der Waals surface area contributed by atoms with E-state index in [1.165, 1.54) is 29.3 Å². The maximum Gasteiger partial charge on any atom is 0.318 e. The fourth-order valence-electron chi connectivity index (χ4n) is 3.75. The molecule has 2 aromatic rings. The van der Waals surface area contributed by atoms with Crippen LogP contribution < -0.4 is 5.32 Å². The van der Waals surface area contributed by atoms with Crippen molar-refractivity contribution < 1.29 is 22.3 Å². The van der Waals surface area contributed by atoms with Gasteiger partial charge in [0.15, 0.2) is 0 Å². The fraction of sp³-hybridized carbons (Fsp3) is 0.478. The minimum absolute atomic E-state index is 0.0571. The molecule has 2 amide bonds. The van der Waals surface area contributed by atoms with Crippen LogP contribution in [0.4, 0.5) is 9.18 Å². The number of hydrogen-bond donors (Lipinski definition) is 1. The van der Waals surface area contributed by atoms with Gasteiger partial charge in [-0.3, -0.25) is 0 Å². The first-order chi connectivity index (χ1) is 15.7. The molecule has 1 aromatic carbocycles. The zero-order chi connectivity index (χ0) is 24.0. The maximum absolute atomic E-state index is 14.1. The van der Waals surface area contributed by atoms with E-state index in [4.69, 9.17) is 4.74 Å². The fourth-order valence-corrected chi connectivity index (χ4v) is 5.26. The number of sulfone groups is 1. The van der Waals surface area contributed by atoms with Gasteiger partial charge in [-0.15, -0.1) is 6.58 Å². The maximum atomic E-state index is 14.1. The van der Waals surface area contributed by atoms with Crippen LogP contribution in [0.1, 0.15) is 37.9 Å². The molecule has 0 spiro atoms. The third-order valence-corrected chi connectivity index (χ3v) is 6.87. The zero-order valence-corrected chi connectivity index (χ0v) is 19.9. The average molecular weight is 479 g/mol. The van der Waals surface area contributed by atoms with E-state index < -0.39 is 21.4 Å². The van der Waals surface area contributed by atoms with Gasteiger partial charge in [-0.05, 0) is 32.8 Å². The summed E-state index contributed by atoms with van der Waals surface area (Å²) in [6.07, 6.45) is 4.61. The molecule has 1 fully saturated rings. The quantitative estimate of drug-likeness (QED) is 0.529. The van der Waals surface area contributed by atoms with Crippen molar-refractivity contribution in [1.29, 1.82) is 0 Å². The normalized spacial score (nSPS) is 16.2. The lowest BCUT2D eigenvalue weighted by Crippen LogP contribution is -2.43. The van der Waals surface area contributed by atoms with Crippen LogP contribution in [0.5, 0.6) is 0 Å². The van der Waals surface area contributed by atoms with Crippen molar-refractivity contribution in [2.24, 2.45) is 0 Å². The van der Waals surface area contributed by atoms with Gasteiger partial charge in [-0.25, -0.2) is 22.6 Å². The predicted molar refractivity (Wildman–Crippen MR) is 123 cm³/mol. The smallest absolute Gasteiger partial charge is 0.318 e. The third kappa shape index (κ3) is 6.42. The zero-order valence-electron chi connectivity index (χ0n) is 19.0. The second-order valence-corrected chi connectivity index (χ2v) is 10.3. The number of rotatable bonds is 10. The molecule has 1 saturated heterocycles. The largest absolute Gasteiger partial charge is 0.376 e. The van der Waals surface area contributed by atoms with Crippen molar-refractivity contribution in [1.82, 2.24) is 19.8 Å². The van der Waals surface area contributed by atoms with Gasteiger partial charge in [0, 0.05) is 24.8 Å². The molecule has 10 heteroatoms. The van der Waals surface area contributed by atoms with Crippen molar-refractivity contribution in [2.75, 3.05) is 13.2 Å². The highest BCUT2D eigenvalue weighted by Crippen LogP contribution is 2.23. The summed E-state index contributed by atoms with van der Waals surface area (Å²) >= 11 is 0. The molecule has 180 valence electrons. The van der Waals surface area contributed by atoms with Crippen LogP contribution in [0.15, 0.2) is 48.3 Å². The second-order valence-electron chi connectivity index (χ2n) is 8.40. The average Bonchev–Trinajstić information content (AvgIpc) is 3.40. The van der Waals surface area contributed by atoms with Gasteiger partial charge >= 0.3 is 6.03 Å². The minimum Gasteiger partial charge on any atom is -0.376 e. The summed E-state index contributed by atoms with van der Waals surface area (Å²) in [5, 5.41) is 2.69. The number of aromatic nitrogens is 2. The lowest BCUT2D eigenvalue weighted by Gasteiger charge is -2.24. The Morgan fingerprint density at radius 1 is 1.42 bits per heavy atom. The molecule has 1 aromatic heterocycles. The first kappa shape index (κ1) is 24.9. The summed E-state index contributed by atoms with van der Waals surface area (Å²) in [6, 6.07) is 5.44. The molecular formula is C23H31FN4O4S. The topological polar surface area (TPSA) is 93.5 Å². The van der Waals surface area contributed by atoms with Crippen LogP contribution in [0.25, 0.3) is 0 Å². The number of nitrogens with one attached hydrogen (secondary N) is 1. The number of hydrogen-bond acceptors (Lipinski definition) is 5. The van der Waals surface area contributed by atoms with Crippen molar-refractivity contribution >= 4 is 15.9 Å². The summed E-state index contributed by atoms with van der Waals surface area (Å²) in [5.41, 5.74) is 0.633. The van der Waals surface area contributed by atoms with Crippen LogP contribution in [0.2, 0.25) is 0 Å². The third-order valence-electron chi connectivity index (χ3n) is 5.30. The molecule has 0 saturated carbocycles. The van der Waals surface area contributed by atoms with Crippen LogP contribution >= 0.6 is 0 Å². The van der Waals surface area contributed by atoms with E-state index in [-0.39, 0.29) is 48.5 Å². The summed E-state index contributed by atoms with van der Waals surface area (Å²) in [4.78, 5) is 18.4. The highest BCUT2D eigenvalue weighted by molar-refractivity contribution is 7.90. The Morgan fingerprint density at radius 2 is 2.18 bits per heavy atom. The van der Waals surface area contributed by atoms with Crippen molar-refractivity contribution in [3.63, 3.8) is 0 Å². The Balaban J connectivity index is 1.94. The number of amides is 2. The molecule has 3 rings (SSSR count). The number of carbonyl (C=O) groups is 1. The van der Waals surface area contributed by atoms with Gasteiger partial charge in [0.1, 0.15) is 5.82 Å². The van der Waals surface area contributed by atoms with Crippen LogP contribution in [0.3, 0.4) is 0 Å². The molecule has 0 aliphatic carbocycles. The lowest BCUT2D eigenvalue weighted by atomic mass is 10.2. The first-order valence-electron chi connectivity index (χ1n) is 11.0. The Morgan fingerprint density at radius 3 is 2.82 bits per heavy atom. The number of benzene rings is 1. The Hall–Kier alpha value is -2.72. The van der Waals surface area contributed by atoms with E-state index in [0.29, 0.717) is 12.3 Å². The Labute approximate surface area is 194 Å². The molecule has 1 N–H and O–H groups in total. The first-order valence-corrected chi connectivity index (χ1v) is 12.6. The van der Waals surface area contributed by atoms with Crippen molar-refractivity contribution in [3.05, 3.63) is 60.2 Å². The summed E-state index contributed by atoms with van der Waals surface area (Å²) in [5.74, 6) is -1.09. The van der Waals surface area contributed by atoms with E-state index >= 15 is 0 Å². The molecule has 0 unspecified atom stereocenters. The van der Waals surface area contributed by atoms with E-state index in [9.17, 15) is 17.6 Å². The van der Waals surface area contributed by atoms with Gasteiger partial charge in [0.05, 0.1) is 36.8 Å². The van der Waals surface area contributed by atoms with Crippen LogP contribution in [-0.4, -0.2) is 54.2 Å². The van der Waals surface area contributed by atoms with Gasteiger partial charge in [0.2, 0.25) is 15.0 Å². The molecular weight excluding hydrogens is 447 g/mol. The highest BCUT2D eigenvalue weighted by Gasteiger charge is 2.29. The van der Waals surface area contributed by atoms with Crippen LogP contribution in [0, 0.1) is 5.82 Å². The number of carbonyl (C=O) groups excluding carboxylic acids is 1. The standard InChI is InChI=1S/C23H31FN4O4S/c1-4-11-27(22(29)26-17(2)3)14-19-13-25-23(28(19)15-20-9-7-12-32-20)33(30,31)16-18-8-5-6-10-21(18)24/h4-6,8,10,13,17,20H,1,7,9,11-12,14-16H2,2-3H3,(H,26,29)/t20-/m1/s1. The number of nitrogens with zero attached hydrogens (tertiary/aromatic N) is 3.